The Bertz CT molecular complexity index is 631. The van der Waals surface area contributed by atoms with Crippen LogP contribution >= 0.6 is 27.3 Å². The third-order valence-electron chi connectivity index (χ3n) is 2.50. The molecule has 0 bridgehead atoms. The molecule has 0 aliphatic carbocycles. The normalized spacial score (nSPS) is 11.6. The van der Waals surface area contributed by atoms with Gasteiger partial charge in [0.25, 0.3) is 0 Å². The van der Waals surface area contributed by atoms with E-state index >= 15 is 0 Å². The van der Waals surface area contributed by atoms with Gasteiger partial charge in [-0.15, -0.1) is 11.3 Å². The van der Waals surface area contributed by atoms with Crippen molar-refractivity contribution in [2.75, 3.05) is 0 Å². The zero-order chi connectivity index (χ0) is 14.2. The molecule has 0 saturated carbocycles. The van der Waals surface area contributed by atoms with Gasteiger partial charge in [0.05, 0.1) is 10.4 Å². The SMILES string of the molecule is Cc1ccc(C(=O)c2ccc(Br)cc2C(F)(F)F)s1. The highest BCUT2D eigenvalue weighted by molar-refractivity contribution is 9.10. The van der Waals surface area contributed by atoms with E-state index in [1.165, 1.54) is 23.5 Å². The molecule has 0 fully saturated rings. The van der Waals surface area contributed by atoms with Gasteiger partial charge in [-0.3, -0.25) is 4.79 Å². The maximum atomic E-state index is 12.9. The second kappa shape index (κ2) is 5.09. The smallest absolute Gasteiger partial charge is 0.288 e. The molecule has 0 atom stereocenters. The molecule has 19 heavy (non-hydrogen) atoms. The summed E-state index contributed by atoms with van der Waals surface area (Å²) in [5, 5.41) is 0. The topological polar surface area (TPSA) is 17.1 Å². The first-order valence-corrected chi connectivity index (χ1v) is 6.88. The number of hydrogen-bond donors (Lipinski definition) is 0. The zero-order valence-electron chi connectivity index (χ0n) is 9.72. The van der Waals surface area contributed by atoms with E-state index in [2.05, 4.69) is 15.9 Å². The first kappa shape index (κ1) is 14.3. The van der Waals surface area contributed by atoms with Crippen LogP contribution in [0.2, 0.25) is 0 Å². The van der Waals surface area contributed by atoms with Crippen LogP contribution in [0.3, 0.4) is 0 Å². The molecule has 2 rings (SSSR count). The molecule has 1 aromatic heterocycles. The lowest BCUT2D eigenvalue weighted by Crippen LogP contribution is -2.13. The molecule has 0 amide bonds. The summed E-state index contributed by atoms with van der Waals surface area (Å²) in [6.45, 7) is 1.80. The molecule has 0 N–H and O–H groups in total. The van der Waals surface area contributed by atoms with Crippen LogP contribution in [0.1, 0.15) is 25.7 Å². The summed E-state index contributed by atoms with van der Waals surface area (Å²) in [6, 6.07) is 6.81. The Morgan fingerprint density at radius 3 is 2.42 bits per heavy atom. The van der Waals surface area contributed by atoms with Crippen molar-refractivity contribution < 1.29 is 18.0 Å². The number of alkyl halides is 3. The lowest BCUT2D eigenvalue weighted by molar-refractivity contribution is -0.137. The fourth-order valence-electron chi connectivity index (χ4n) is 1.64. The van der Waals surface area contributed by atoms with Gasteiger partial charge in [-0.25, -0.2) is 0 Å². The molecule has 0 spiro atoms. The van der Waals surface area contributed by atoms with Gasteiger partial charge in [0.15, 0.2) is 0 Å². The van der Waals surface area contributed by atoms with Crippen LogP contribution in [-0.2, 0) is 6.18 Å². The van der Waals surface area contributed by atoms with E-state index in [0.717, 1.165) is 10.9 Å². The second-order valence-corrected chi connectivity index (χ2v) is 6.13. The maximum Gasteiger partial charge on any atom is 0.417 e. The highest BCUT2D eigenvalue weighted by Crippen LogP contribution is 2.35. The Balaban J connectivity index is 2.53. The van der Waals surface area contributed by atoms with E-state index in [4.69, 9.17) is 0 Å². The molecule has 0 unspecified atom stereocenters. The summed E-state index contributed by atoms with van der Waals surface area (Å²) in [5.41, 5.74) is -1.24. The van der Waals surface area contributed by atoms with Crippen molar-refractivity contribution in [2.45, 2.75) is 13.1 Å². The zero-order valence-corrected chi connectivity index (χ0v) is 12.1. The van der Waals surface area contributed by atoms with Crippen LogP contribution < -0.4 is 0 Å². The van der Waals surface area contributed by atoms with Crippen LogP contribution in [0.4, 0.5) is 13.2 Å². The van der Waals surface area contributed by atoms with Crippen LogP contribution in [0.15, 0.2) is 34.8 Å². The van der Waals surface area contributed by atoms with Gasteiger partial charge in [0.2, 0.25) is 5.78 Å². The van der Waals surface area contributed by atoms with Crippen molar-refractivity contribution in [3.05, 3.63) is 55.7 Å². The molecule has 1 heterocycles. The largest absolute Gasteiger partial charge is 0.417 e. The molecule has 1 aromatic carbocycles. The third-order valence-corrected chi connectivity index (χ3v) is 3.99. The Labute approximate surface area is 120 Å². The van der Waals surface area contributed by atoms with Gasteiger partial charge >= 0.3 is 6.18 Å². The first-order valence-electron chi connectivity index (χ1n) is 5.27. The average molecular weight is 349 g/mol. The Hall–Kier alpha value is -1.14. The van der Waals surface area contributed by atoms with Crippen molar-refractivity contribution >= 4 is 33.0 Å². The molecule has 6 heteroatoms. The number of halogens is 4. The fraction of sp³-hybridized carbons (Fsp3) is 0.154. The number of rotatable bonds is 2. The lowest BCUT2D eigenvalue weighted by Gasteiger charge is -2.11. The van der Waals surface area contributed by atoms with Crippen LogP contribution in [0.25, 0.3) is 0 Å². The average Bonchev–Trinajstić information content (AvgIpc) is 2.74. The van der Waals surface area contributed by atoms with E-state index in [0.29, 0.717) is 9.35 Å². The number of aryl methyl sites for hydroxylation is 1. The second-order valence-electron chi connectivity index (χ2n) is 3.93. The van der Waals surface area contributed by atoms with E-state index in [-0.39, 0.29) is 5.56 Å². The molecule has 100 valence electrons. The number of benzene rings is 1. The minimum atomic E-state index is -4.55. The molecule has 0 saturated heterocycles. The van der Waals surface area contributed by atoms with Crippen molar-refractivity contribution in [1.82, 2.24) is 0 Å². The molecule has 2 aromatic rings. The van der Waals surface area contributed by atoms with Gasteiger partial charge in [-0.2, -0.15) is 13.2 Å². The minimum Gasteiger partial charge on any atom is -0.288 e. The molecular weight excluding hydrogens is 341 g/mol. The van der Waals surface area contributed by atoms with Gasteiger partial charge < -0.3 is 0 Å². The van der Waals surface area contributed by atoms with E-state index in [1.807, 2.05) is 0 Å². The monoisotopic (exact) mass is 348 g/mol. The third kappa shape index (κ3) is 3.06. The summed E-state index contributed by atoms with van der Waals surface area (Å²) < 4.78 is 39.1. The van der Waals surface area contributed by atoms with Crippen LogP contribution in [0, 0.1) is 6.92 Å². The van der Waals surface area contributed by atoms with Gasteiger partial charge in [-0.05, 0) is 37.3 Å². The summed E-state index contributed by atoms with van der Waals surface area (Å²) in [5.74, 6) is -0.599. The van der Waals surface area contributed by atoms with E-state index in [9.17, 15) is 18.0 Å². The summed E-state index contributed by atoms with van der Waals surface area (Å²) >= 11 is 4.18. The Kier molecular flexibility index (Phi) is 3.82. The number of thiophene rings is 1. The summed E-state index contributed by atoms with van der Waals surface area (Å²) in [7, 11) is 0. The van der Waals surface area contributed by atoms with Crippen molar-refractivity contribution in [1.29, 1.82) is 0 Å². The van der Waals surface area contributed by atoms with E-state index in [1.54, 1.807) is 19.1 Å². The van der Waals surface area contributed by atoms with Gasteiger partial charge in [0.1, 0.15) is 0 Å². The van der Waals surface area contributed by atoms with E-state index < -0.39 is 17.5 Å². The van der Waals surface area contributed by atoms with Gasteiger partial charge in [0, 0.05) is 14.9 Å². The maximum absolute atomic E-state index is 12.9. The molecule has 0 aliphatic rings. The lowest BCUT2D eigenvalue weighted by atomic mass is 10.0. The highest BCUT2D eigenvalue weighted by Gasteiger charge is 2.35. The standard InChI is InChI=1S/C13H8BrF3OS/c1-7-2-5-11(19-7)12(18)9-4-3-8(14)6-10(9)13(15,16)17/h2-6H,1H3. The summed E-state index contributed by atoms with van der Waals surface area (Å²) in [6.07, 6.45) is -4.55. The fourth-order valence-corrected chi connectivity index (χ4v) is 2.82. The van der Waals surface area contributed by atoms with Gasteiger partial charge in [-0.1, -0.05) is 15.9 Å². The number of carbonyl (C=O) groups is 1. The number of carbonyl (C=O) groups excluding carboxylic acids is 1. The number of hydrogen-bond acceptors (Lipinski definition) is 2. The first-order chi connectivity index (χ1) is 8.79. The van der Waals surface area contributed by atoms with Crippen molar-refractivity contribution in [3.63, 3.8) is 0 Å². The highest BCUT2D eigenvalue weighted by atomic mass is 79.9. The minimum absolute atomic E-state index is 0.290. The Morgan fingerprint density at radius 1 is 1.21 bits per heavy atom. The Morgan fingerprint density at radius 2 is 1.89 bits per heavy atom. The quantitative estimate of drug-likeness (QED) is 0.692. The van der Waals surface area contributed by atoms with Crippen molar-refractivity contribution in [3.8, 4) is 0 Å². The molecular formula is C13H8BrF3OS. The predicted octanol–water partition coefficient (Wildman–Crippen LogP) is 5.07. The van der Waals surface area contributed by atoms with Crippen molar-refractivity contribution in [2.24, 2.45) is 0 Å². The summed E-state index contributed by atoms with van der Waals surface area (Å²) in [4.78, 5) is 13.3. The molecule has 0 radical (unpaired) electrons. The van der Waals surface area contributed by atoms with Crippen LogP contribution in [-0.4, -0.2) is 5.78 Å². The molecule has 1 nitrogen and oxygen atoms in total. The molecule has 0 aliphatic heterocycles. The number of ketones is 1. The van der Waals surface area contributed by atoms with Crippen LogP contribution in [0.5, 0.6) is 0 Å². The predicted molar refractivity (Wildman–Crippen MR) is 71.6 cm³/mol.